The molecular weight excluding hydrogens is 266 g/mol. The minimum absolute atomic E-state index is 0.809. The van der Waals surface area contributed by atoms with Crippen molar-refractivity contribution >= 4 is 11.6 Å². The molecule has 0 amide bonds. The summed E-state index contributed by atoms with van der Waals surface area (Å²) in [7, 11) is 2.25. The van der Waals surface area contributed by atoms with Gasteiger partial charge in [-0.25, -0.2) is 0 Å². The number of rotatable bonds is 3. The molecule has 2 heteroatoms. The van der Waals surface area contributed by atoms with Crippen LogP contribution in [0.3, 0.4) is 0 Å². The molecule has 1 atom stereocenters. The van der Waals surface area contributed by atoms with Crippen molar-refractivity contribution < 1.29 is 0 Å². The van der Waals surface area contributed by atoms with E-state index in [1.807, 2.05) is 12.1 Å². The Labute approximate surface area is 127 Å². The predicted molar refractivity (Wildman–Crippen MR) is 86.3 cm³/mol. The Morgan fingerprint density at radius 2 is 2.10 bits per heavy atom. The third-order valence-electron chi connectivity index (χ3n) is 4.92. The molecule has 0 fully saturated rings. The van der Waals surface area contributed by atoms with Gasteiger partial charge in [0.1, 0.15) is 0 Å². The van der Waals surface area contributed by atoms with Crippen LogP contribution in [0.5, 0.6) is 0 Å². The quantitative estimate of drug-likeness (QED) is 0.729. The molecule has 0 saturated carbocycles. The molecule has 1 aromatic carbocycles. The number of benzene rings is 1. The molecule has 1 aliphatic heterocycles. The standard InChI is InChI=1S/C18H24ClN/c1-20-12-11-17-14(6-4-7-16(17)13-20)9-10-15-5-2-3-8-18(15)19/h2-3,5,8,14H,4,6-7,9-13H2,1H3. The van der Waals surface area contributed by atoms with E-state index >= 15 is 0 Å². The first-order valence-electron chi connectivity index (χ1n) is 7.87. The maximum atomic E-state index is 6.28. The largest absolute Gasteiger partial charge is 0.302 e. The number of likely N-dealkylation sites (N-methyl/N-ethyl adjacent to an activating group) is 1. The van der Waals surface area contributed by atoms with E-state index in [2.05, 4.69) is 24.1 Å². The fourth-order valence-electron chi connectivity index (χ4n) is 3.81. The van der Waals surface area contributed by atoms with Crippen molar-refractivity contribution in [1.29, 1.82) is 0 Å². The zero-order valence-corrected chi connectivity index (χ0v) is 13.1. The van der Waals surface area contributed by atoms with Gasteiger partial charge in [-0.05, 0) is 63.1 Å². The van der Waals surface area contributed by atoms with E-state index in [4.69, 9.17) is 11.6 Å². The van der Waals surface area contributed by atoms with Crippen LogP contribution in [0, 0.1) is 5.92 Å². The van der Waals surface area contributed by atoms with Gasteiger partial charge in [-0.15, -0.1) is 0 Å². The minimum atomic E-state index is 0.809. The normalized spacial score (nSPS) is 23.8. The van der Waals surface area contributed by atoms with Gasteiger partial charge in [-0.1, -0.05) is 40.9 Å². The summed E-state index contributed by atoms with van der Waals surface area (Å²) in [5, 5.41) is 0.931. The van der Waals surface area contributed by atoms with E-state index in [0.717, 1.165) is 17.4 Å². The second kappa shape index (κ2) is 6.32. The molecule has 20 heavy (non-hydrogen) atoms. The van der Waals surface area contributed by atoms with E-state index in [1.54, 1.807) is 11.1 Å². The summed E-state index contributed by atoms with van der Waals surface area (Å²) in [6.45, 7) is 2.44. The molecule has 0 spiro atoms. The fourth-order valence-corrected chi connectivity index (χ4v) is 4.04. The molecule has 1 unspecified atom stereocenters. The van der Waals surface area contributed by atoms with Gasteiger partial charge in [0, 0.05) is 18.1 Å². The number of hydrogen-bond donors (Lipinski definition) is 0. The van der Waals surface area contributed by atoms with Gasteiger partial charge in [0.15, 0.2) is 0 Å². The molecule has 3 rings (SSSR count). The predicted octanol–water partition coefficient (Wildman–Crippen LogP) is 4.70. The molecule has 0 saturated heterocycles. The maximum Gasteiger partial charge on any atom is 0.0437 e. The van der Waals surface area contributed by atoms with Crippen LogP contribution < -0.4 is 0 Å². The highest BCUT2D eigenvalue weighted by molar-refractivity contribution is 6.31. The second-order valence-electron chi connectivity index (χ2n) is 6.34. The van der Waals surface area contributed by atoms with Gasteiger partial charge in [-0.2, -0.15) is 0 Å². The van der Waals surface area contributed by atoms with Crippen molar-refractivity contribution in [2.24, 2.45) is 5.92 Å². The molecular formula is C18H24ClN. The number of hydrogen-bond acceptors (Lipinski definition) is 1. The van der Waals surface area contributed by atoms with E-state index in [0.29, 0.717) is 0 Å². The Bertz CT molecular complexity index is 506. The first kappa shape index (κ1) is 14.2. The molecule has 0 bridgehead atoms. The van der Waals surface area contributed by atoms with E-state index in [1.165, 1.54) is 50.8 Å². The summed E-state index contributed by atoms with van der Waals surface area (Å²) in [4.78, 5) is 2.47. The average molecular weight is 290 g/mol. The van der Waals surface area contributed by atoms with E-state index < -0.39 is 0 Å². The summed E-state index contributed by atoms with van der Waals surface area (Å²) >= 11 is 6.28. The van der Waals surface area contributed by atoms with Gasteiger partial charge < -0.3 is 4.90 Å². The molecule has 1 nitrogen and oxygen atoms in total. The molecule has 1 aliphatic carbocycles. The maximum absolute atomic E-state index is 6.28. The van der Waals surface area contributed by atoms with Gasteiger partial charge in [0.05, 0.1) is 0 Å². The van der Waals surface area contributed by atoms with Gasteiger partial charge in [0.25, 0.3) is 0 Å². The highest BCUT2D eigenvalue weighted by Crippen LogP contribution is 2.37. The molecule has 1 heterocycles. The molecule has 0 aromatic heterocycles. The number of aryl methyl sites for hydroxylation is 1. The Balaban J connectivity index is 1.68. The van der Waals surface area contributed by atoms with Gasteiger partial charge in [0.2, 0.25) is 0 Å². The monoisotopic (exact) mass is 289 g/mol. The zero-order valence-electron chi connectivity index (χ0n) is 12.4. The van der Waals surface area contributed by atoms with E-state index in [-0.39, 0.29) is 0 Å². The van der Waals surface area contributed by atoms with Crippen molar-refractivity contribution in [3.05, 3.63) is 46.0 Å². The highest BCUT2D eigenvalue weighted by Gasteiger charge is 2.26. The molecule has 108 valence electrons. The van der Waals surface area contributed by atoms with Gasteiger partial charge in [-0.3, -0.25) is 0 Å². The van der Waals surface area contributed by atoms with Crippen molar-refractivity contribution in [3.63, 3.8) is 0 Å². The smallest absolute Gasteiger partial charge is 0.0437 e. The fraction of sp³-hybridized carbons (Fsp3) is 0.556. The van der Waals surface area contributed by atoms with E-state index in [9.17, 15) is 0 Å². The zero-order chi connectivity index (χ0) is 13.9. The Morgan fingerprint density at radius 3 is 2.95 bits per heavy atom. The van der Waals surface area contributed by atoms with Crippen LogP contribution in [-0.2, 0) is 6.42 Å². The Morgan fingerprint density at radius 1 is 1.25 bits per heavy atom. The topological polar surface area (TPSA) is 3.24 Å². The lowest BCUT2D eigenvalue weighted by Crippen LogP contribution is -2.31. The Kier molecular flexibility index (Phi) is 4.48. The van der Waals surface area contributed by atoms with Crippen LogP contribution in [0.15, 0.2) is 35.4 Å². The average Bonchev–Trinajstić information content (AvgIpc) is 2.46. The van der Waals surface area contributed by atoms with Crippen molar-refractivity contribution in [2.45, 2.75) is 38.5 Å². The van der Waals surface area contributed by atoms with Crippen LogP contribution in [0.1, 0.15) is 37.7 Å². The summed E-state index contributed by atoms with van der Waals surface area (Å²) in [6, 6.07) is 8.31. The van der Waals surface area contributed by atoms with Crippen molar-refractivity contribution in [1.82, 2.24) is 4.90 Å². The lowest BCUT2D eigenvalue weighted by molar-refractivity contribution is 0.308. The highest BCUT2D eigenvalue weighted by atomic mass is 35.5. The first-order valence-corrected chi connectivity index (χ1v) is 8.24. The first-order chi connectivity index (χ1) is 9.74. The molecule has 1 aromatic rings. The third kappa shape index (κ3) is 3.10. The number of nitrogens with zero attached hydrogens (tertiary/aromatic N) is 1. The SMILES string of the molecule is CN1CCC2=C(CCCC2CCc2ccccc2Cl)C1. The minimum Gasteiger partial charge on any atom is -0.302 e. The van der Waals surface area contributed by atoms with Gasteiger partial charge >= 0.3 is 0 Å². The molecule has 2 aliphatic rings. The van der Waals surface area contributed by atoms with Crippen molar-refractivity contribution in [3.8, 4) is 0 Å². The molecule has 0 radical (unpaired) electrons. The summed E-state index contributed by atoms with van der Waals surface area (Å²) in [5.74, 6) is 0.809. The Hall–Kier alpha value is -0.790. The summed E-state index contributed by atoms with van der Waals surface area (Å²) < 4.78 is 0. The van der Waals surface area contributed by atoms with Crippen LogP contribution in [-0.4, -0.2) is 25.0 Å². The number of halogens is 1. The van der Waals surface area contributed by atoms with Crippen molar-refractivity contribution in [2.75, 3.05) is 20.1 Å². The van der Waals surface area contributed by atoms with Crippen LogP contribution in [0.4, 0.5) is 0 Å². The van der Waals surface area contributed by atoms with Crippen LogP contribution in [0.2, 0.25) is 5.02 Å². The second-order valence-corrected chi connectivity index (χ2v) is 6.74. The summed E-state index contributed by atoms with van der Waals surface area (Å²) in [6.07, 6.45) is 7.78. The summed E-state index contributed by atoms with van der Waals surface area (Å²) in [5.41, 5.74) is 4.85. The lowest BCUT2D eigenvalue weighted by atomic mass is 9.77. The van der Waals surface area contributed by atoms with Crippen LogP contribution >= 0.6 is 11.6 Å². The third-order valence-corrected chi connectivity index (χ3v) is 5.29. The lowest BCUT2D eigenvalue weighted by Gasteiger charge is -2.36. The molecule has 0 N–H and O–H groups in total. The van der Waals surface area contributed by atoms with Crippen LogP contribution in [0.25, 0.3) is 0 Å².